The Hall–Kier alpha value is -2.82. The summed E-state index contributed by atoms with van der Waals surface area (Å²) in [7, 11) is 0. The minimum atomic E-state index is -0.0993. The second kappa shape index (κ2) is 8.25. The van der Waals surface area contributed by atoms with Crippen LogP contribution >= 0.6 is 0 Å². The highest BCUT2D eigenvalue weighted by Crippen LogP contribution is 2.29. The van der Waals surface area contributed by atoms with Gasteiger partial charge in [0, 0.05) is 31.0 Å². The zero-order valence-corrected chi connectivity index (χ0v) is 16.4. The Labute approximate surface area is 160 Å². The first-order valence-electron chi connectivity index (χ1n) is 9.42. The summed E-state index contributed by atoms with van der Waals surface area (Å²) in [6.45, 7) is 9.34. The van der Waals surface area contributed by atoms with E-state index in [1.54, 1.807) is 17.0 Å². The van der Waals surface area contributed by atoms with Gasteiger partial charge in [-0.05, 0) is 36.6 Å². The molecule has 0 aliphatic carbocycles. The van der Waals surface area contributed by atoms with Crippen molar-refractivity contribution in [3.05, 3.63) is 64.7 Å². The van der Waals surface area contributed by atoms with Gasteiger partial charge in [0.1, 0.15) is 5.75 Å². The van der Waals surface area contributed by atoms with E-state index in [0.717, 1.165) is 22.1 Å². The monoisotopic (exact) mass is 365 g/mol. The molecule has 5 heteroatoms. The van der Waals surface area contributed by atoms with Crippen molar-refractivity contribution >= 4 is 16.6 Å². The molecule has 0 spiro atoms. The molecule has 0 radical (unpaired) electrons. The van der Waals surface area contributed by atoms with E-state index < -0.39 is 0 Å². The first-order valence-corrected chi connectivity index (χ1v) is 9.42. The van der Waals surface area contributed by atoms with Gasteiger partial charge in [-0.3, -0.25) is 4.79 Å². The molecule has 0 unspecified atom stereocenters. The van der Waals surface area contributed by atoms with Gasteiger partial charge in [0.25, 0.3) is 5.56 Å². The van der Waals surface area contributed by atoms with Crippen LogP contribution in [0.1, 0.15) is 33.3 Å². The van der Waals surface area contributed by atoms with Crippen molar-refractivity contribution < 1.29 is 4.74 Å². The van der Waals surface area contributed by atoms with E-state index in [9.17, 15) is 4.79 Å². The molecule has 1 heterocycles. The summed E-state index contributed by atoms with van der Waals surface area (Å²) >= 11 is 0. The van der Waals surface area contributed by atoms with E-state index in [4.69, 9.17) is 4.74 Å². The zero-order chi connectivity index (χ0) is 19.4. The minimum absolute atomic E-state index is 0.0723. The number of anilines is 1. The highest BCUT2D eigenvalue weighted by molar-refractivity contribution is 5.88. The molecule has 0 bridgehead atoms. The number of nitrogens with one attached hydrogen (secondary N) is 1. The number of benzene rings is 2. The fraction of sp³-hybridized carbons (Fsp3) is 0.364. The predicted molar refractivity (Wildman–Crippen MR) is 110 cm³/mol. The topological polar surface area (TPSA) is 56.1 Å². The lowest BCUT2D eigenvalue weighted by Crippen LogP contribution is -2.26. The quantitative estimate of drug-likeness (QED) is 0.672. The van der Waals surface area contributed by atoms with Crippen LogP contribution in [0.15, 0.2) is 53.6 Å². The first-order chi connectivity index (χ1) is 13.0. The van der Waals surface area contributed by atoms with E-state index in [1.807, 2.05) is 32.0 Å². The van der Waals surface area contributed by atoms with E-state index in [2.05, 4.69) is 42.3 Å². The van der Waals surface area contributed by atoms with Crippen LogP contribution in [0.25, 0.3) is 10.8 Å². The van der Waals surface area contributed by atoms with Gasteiger partial charge in [0.05, 0.1) is 6.10 Å². The second-order valence-electron chi connectivity index (χ2n) is 7.41. The molecule has 3 rings (SSSR count). The summed E-state index contributed by atoms with van der Waals surface area (Å²) in [4.78, 5) is 16.9. The van der Waals surface area contributed by atoms with Crippen LogP contribution in [0.4, 0.5) is 5.82 Å². The third-order valence-electron chi connectivity index (χ3n) is 4.27. The molecule has 0 fully saturated rings. The maximum absolute atomic E-state index is 12.7. The van der Waals surface area contributed by atoms with Gasteiger partial charge in [-0.25, -0.2) is 4.98 Å². The largest absolute Gasteiger partial charge is 0.491 e. The lowest BCUT2D eigenvalue weighted by Gasteiger charge is -2.17. The summed E-state index contributed by atoms with van der Waals surface area (Å²) in [5.74, 6) is 1.58. The van der Waals surface area contributed by atoms with Crippen LogP contribution in [0.5, 0.6) is 5.75 Å². The Bertz CT molecular complexity index is 977. The van der Waals surface area contributed by atoms with Crippen molar-refractivity contribution in [2.75, 3.05) is 5.32 Å². The lowest BCUT2D eigenvalue weighted by molar-refractivity contribution is 0.240. The Morgan fingerprint density at radius 2 is 1.89 bits per heavy atom. The second-order valence-corrected chi connectivity index (χ2v) is 7.41. The highest BCUT2D eigenvalue weighted by atomic mass is 16.5. The maximum atomic E-state index is 12.7. The average Bonchev–Trinajstić information content (AvgIpc) is 2.62. The Morgan fingerprint density at radius 3 is 2.63 bits per heavy atom. The third kappa shape index (κ3) is 4.48. The molecule has 3 aromatic rings. The van der Waals surface area contributed by atoms with Gasteiger partial charge in [-0.1, -0.05) is 44.2 Å². The number of hydrogen-bond donors (Lipinski definition) is 1. The zero-order valence-electron chi connectivity index (χ0n) is 16.4. The van der Waals surface area contributed by atoms with Crippen LogP contribution in [-0.4, -0.2) is 15.7 Å². The van der Waals surface area contributed by atoms with Crippen molar-refractivity contribution in [3.63, 3.8) is 0 Å². The van der Waals surface area contributed by atoms with Crippen molar-refractivity contribution in [1.29, 1.82) is 0 Å². The highest BCUT2D eigenvalue weighted by Gasteiger charge is 2.12. The number of ether oxygens (including phenoxy) is 1. The Kier molecular flexibility index (Phi) is 5.79. The summed E-state index contributed by atoms with van der Waals surface area (Å²) in [6.07, 6.45) is 3.47. The lowest BCUT2D eigenvalue weighted by atomic mass is 10.0. The van der Waals surface area contributed by atoms with Crippen molar-refractivity contribution in [3.8, 4) is 5.75 Å². The Balaban J connectivity index is 1.94. The first kappa shape index (κ1) is 19.0. The Morgan fingerprint density at radius 1 is 1.11 bits per heavy atom. The van der Waals surface area contributed by atoms with Crippen molar-refractivity contribution in [2.45, 2.75) is 46.9 Å². The van der Waals surface area contributed by atoms with Crippen LogP contribution in [-0.2, 0) is 13.1 Å². The van der Waals surface area contributed by atoms with E-state index in [1.165, 1.54) is 0 Å². The normalized spacial score (nSPS) is 11.3. The molecule has 0 saturated carbocycles. The predicted octanol–water partition coefficient (Wildman–Crippen LogP) is 4.45. The third-order valence-corrected chi connectivity index (χ3v) is 4.27. The molecule has 27 heavy (non-hydrogen) atoms. The van der Waals surface area contributed by atoms with Gasteiger partial charge in [0.2, 0.25) is 0 Å². The average molecular weight is 365 g/mol. The maximum Gasteiger partial charge on any atom is 0.293 e. The standard InChI is InChI=1S/C22H27N3O2/c1-15(2)14-25-12-11-23-21(22(25)26)24-13-19-18-8-6-5-7-17(18)9-10-20(19)27-16(3)4/h5-12,15-16H,13-14H2,1-4H3,(H,23,24). The molecule has 2 aromatic carbocycles. The van der Waals surface area contributed by atoms with Crippen LogP contribution in [0, 0.1) is 5.92 Å². The molecule has 1 aromatic heterocycles. The molecule has 0 aliphatic rings. The van der Waals surface area contributed by atoms with Crippen molar-refractivity contribution in [2.24, 2.45) is 5.92 Å². The number of fused-ring (bicyclic) bond motifs is 1. The van der Waals surface area contributed by atoms with Crippen LogP contribution in [0.3, 0.4) is 0 Å². The van der Waals surface area contributed by atoms with E-state index in [-0.39, 0.29) is 11.7 Å². The summed E-state index contributed by atoms with van der Waals surface area (Å²) < 4.78 is 7.71. The molecule has 0 aliphatic heterocycles. The number of rotatable bonds is 7. The molecular weight excluding hydrogens is 338 g/mol. The van der Waals surface area contributed by atoms with Crippen LogP contribution < -0.4 is 15.6 Å². The van der Waals surface area contributed by atoms with E-state index in [0.29, 0.717) is 24.8 Å². The fourth-order valence-corrected chi connectivity index (χ4v) is 3.14. The number of hydrogen-bond acceptors (Lipinski definition) is 4. The van der Waals surface area contributed by atoms with E-state index >= 15 is 0 Å². The SMILES string of the molecule is CC(C)Cn1ccnc(NCc2c(OC(C)C)ccc3ccccc23)c1=O. The van der Waals surface area contributed by atoms with Gasteiger partial charge >= 0.3 is 0 Å². The summed E-state index contributed by atoms with van der Waals surface area (Å²) in [5, 5.41) is 5.48. The molecule has 1 N–H and O–H groups in total. The molecule has 0 amide bonds. The molecule has 5 nitrogen and oxygen atoms in total. The summed E-state index contributed by atoms with van der Waals surface area (Å²) in [5.41, 5.74) is 0.931. The molecule has 0 atom stereocenters. The van der Waals surface area contributed by atoms with Gasteiger partial charge < -0.3 is 14.6 Å². The van der Waals surface area contributed by atoms with Gasteiger partial charge in [-0.2, -0.15) is 0 Å². The van der Waals surface area contributed by atoms with Gasteiger partial charge in [-0.15, -0.1) is 0 Å². The van der Waals surface area contributed by atoms with Gasteiger partial charge in [0.15, 0.2) is 5.82 Å². The fourth-order valence-electron chi connectivity index (χ4n) is 3.14. The smallest absolute Gasteiger partial charge is 0.293 e. The van der Waals surface area contributed by atoms with Crippen LogP contribution in [0.2, 0.25) is 0 Å². The molecular formula is C22H27N3O2. The van der Waals surface area contributed by atoms with Crippen molar-refractivity contribution in [1.82, 2.24) is 9.55 Å². The number of nitrogens with zero attached hydrogens (tertiary/aromatic N) is 2. The molecule has 0 saturated heterocycles. The molecule has 142 valence electrons. The number of aromatic nitrogens is 2. The summed E-state index contributed by atoms with van der Waals surface area (Å²) in [6, 6.07) is 12.2. The minimum Gasteiger partial charge on any atom is -0.491 e.